The summed E-state index contributed by atoms with van der Waals surface area (Å²) in [5.41, 5.74) is 0. The van der Waals surface area contributed by atoms with Crippen LogP contribution in [0.1, 0.15) is 361 Å². The molecule has 4 heteroatoms. The lowest BCUT2D eigenvalue weighted by molar-refractivity contribution is -0.123. The number of nitrogens with one attached hydrogen (secondary N) is 1. The van der Waals surface area contributed by atoms with E-state index in [0.29, 0.717) is 6.42 Å². The topological polar surface area (TPSA) is 69.6 Å². The summed E-state index contributed by atoms with van der Waals surface area (Å²) in [4.78, 5) is 12.5. The van der Waals surface area contributed by atoms with Gasteiger partial charge in [0.2, 0.25) is 5.91 Å². The maximum Gasteiger partial charge on any atom is 0.220 e. The third-order valence-corrected chi connectivity index (χ3v) is 15.5. The highest BCUT2D eigenvalue weighted by Crippen LogP contribution is 2.18. The SMILES string of the molecule is CCCCCCC/C=C\C/C=C\CCCCCCCCCCCCCCCCCCCCCCCCCCCCCC(=O)NC(CO)C(O)/C=C/CC/C=C/CC/C=C/CCCCCCCCCCCCCCC. The van der Waals surface area contributed by atoms with Crippen molar-refractivity contribution in [1.82, 2.24) is 5.32 Å². The van der Waals surface area contributed by atoms with E-state index in [1.807, 2.05) is 6.08 Å². The van der Waals surface area contributed by atoms with Crippen LogP contribution in [0.3, 0.4) is 0 Å². The minimum absolute atomic E-state index is 0.0719. The number of carbonyl (C=O) groups excluding carboxylic acids is 1. The smallest absolute Gasteiger partial charge is 0.220 e. The number of hydrogen-bond donors (Lipinski definition) is 3. The molecule has 0 aliphatic rings. The zero-order chi connectivity index (χ0) is 53.4. The Morgan fingerprint density at radius 3 is 0.865 bits per heavy atom. The van der Waals surface area contributed by atoms with Crippen molar-refractivity contribution in [1.29, 1.82) is 0 Å². The fourth-order valence-electron chi connectivity index (χ4n) is 10.4. The molecule has 0 aromatic heterocycles. The average molecular weight is 1030 g/mol. The number of hydrogen-bond acceptors (Lipinski definition) is 3. The standard InChI is InChI=1S/C70H131NO3/c1-3-5-7-9-11-13-15-17-19-21-23-25-27-28-29-30-31-32-33-34-35-36-37-38-39-40-41-42-44-46-48-50-52-54-56-58-60-62-64-66-70(74)71-68(67-72)69(73)65-63-61-59-57-55-53-51-49-47-45-43-26-24-22-20-18-16-14-12-10-8-6-4-2/h15,17,21,23,47,49,55,57,63,65,68-69,72-73H,3-14,16,18-20,22,24-46,48,50-54,56,58-62,64,66-67H2,1-2H3,(H,71,74)/b17-15-,23-21-,49-47+,57-55+,65-63+. The van der Waals surface area contributed by atoms with Crippen molar-refractivity contribution in [3.63, 3.8) is 0 Å². The molecular formula is C70H131NO3. The van der Waals surface area contributed by atoms with Crippen molar-refractivity contribution < 1.29 is 15.0 Å². The molecule has 0 fully saturated rings. The van der Waals surface area contributed by atoms with Gasteiger partial charge in [0, 0.05) is 6.42 Å². The molecule has 2 unspecified atom stereocenters. The second-order valence-corrected chi connectivity index (χ2v) is 22.9. The Morgan fingerprint density at radius 2 is 0.568 bits per heavy atom. The van der Waals surface area contributed by atoms with Crippen LogP contribution in [-0.2, 0) is 4.79 Å². The molecule has 0 aromatic rings. The van der Waals surface area contributed by atoms with E-state index in [0.717, 1.165) is 44.9 Å². The summed E-state index contributed by atoms with van der Waals surface area (Å²) in [7, 11) is 0. The molecule has 74 heavy (non-hydrogen) atoms. The van der Waals surface area contributed by atoms with E-state index in [1.165, 1.54) is 295 Å². The number of rotatable bonds is 62. The minimum Gasteiger partial charge on any atom is -0.394 e. The first-order valence-corrected chi connectivity index (χ1v) is 33.5. The summed E-state index contributed by atoms with van der Waals surface area (Å²) < 4.78 is 0. The van der Waals surface area contributed by atoms with Crippen molar-refractivity contribution in [2.45, 2.75) is 373 Å². The van der Waals surface area contributed by atoms with Crippen LogP contribution in [0.25, 0.3) is 0 Å². The highest BCUT2D eigenvalue weighted by molar-refractivity contribution is 5.76. The van der Waals surface area contributed by atoms with Gasteiger partial charge in [0.25, 0.3) is 0 Å². The van der Waals surface area contributed by atoms with Gasteiger partial charge in [-0.2, -0.15) is 0 Å². The summed E-state index contributed by atoms with van der Waals surface area (Å²) in [5, 5.41) is 23.2. The van der Waals surface area contributed by atoms with E-state index < -0.39 is 12.1 Å². The van der Waals surface area contributed by atoms with E-state index in [2.05, 4.69) is 67.8 Å². The number of amides is 1. The molecule has 0 spiro atoms. The minimum atomic E-state index is -0.871. The zero-order valence-corrected chi connectivity index (χ0v) is 50.1. The summed E-state index contributed by atoms with van der Waals surface area (Å²) >= 11 is 0. The summed E-state index contributed by atoms with van der Waals surface area (Å²) in [5.74, 6) is -0.0719. The summed E-state index contributed by atoms with van der Waals surface area (Å²) in [6.07, 6.45) is 93.0. The monoisotopic (exact) mass is 1030 g/mol. The normalized spacial score (nSPS) is 13.1. The molecule has 0 rings (SSSR count). The van der Waals surface area contributed by atoms with E-state index >= 15 is 0 Å². The van der Waals surface area contributed by atoms with Crippen LogP contribution >= 0.6 is 0 Å². The Balaban J connectivity index is 3.45. The Labute approximate surface area is 464 Å². The predicted octanol–water partition coefficient (Wildman–Crippen LogP) is 22.7. The number of aliphatic hydroxyl groups excluding tert-OH is 2. The highest BCUT2D eigenvalue weighted by atomic mass is 16.3. The lowest BCUT2D eigenvalue weighted by Gasteiger charge is -2.19. The first kappa shape index (κ1) is 72.1. The molecule has 0 radical (unpaired) electrons. The number of carbonyl (C=O) groups is 1. The summed E-state index contributed by atoms with van der Waals surface area (Å²) in [6.45, 7) is 4.31. The van der Waals surface area contributed by atoms with Gasteiger partial charge in [-0.05, 0) is 77.0 Å². The molecule has 0 aliphatic carbocycles. The molecule has 0 saturated heterocycles. The molecule has 4 nitrogen and oxygen atoms in total. The quantitative estimate of drug-likeness (QED) is 0.0420. The Hall–Kier alpha value is -1.91. The maximum atomic E-state index is 12.5. The van der Waals surface area contributed by atoms with Crippen LogP contribution in [0.4, 0.5) is 0 Å². The molecule has 0 aliphatic heterocycles. The first-order valence-electron chi connectivity index (χ1n) is 33.5. The van der Waals surface area contributed by atoms with Crippen LogP contribution in [0, 0.1) is 0 Å². The lowest BCUT2D eigenvalue weighted by atomic mass is 10.0. The number of allylic oxidation sites excluding steroid dienone is 9. The van der Waals surface area contributed by atoms with Crippen LogP contribution in [0.2, 0.25) is 0 Å². The van der Waals surface area contributed by atoms with Gasteiger partial charge < -0.3 is 15.5 Å². The average Bonchev–Trinajstić information content (AvgIpc) is 3.40. The molecule has 0 aromatic carbocycles. The van der Waals surface area contributed by atoms with Gasteiger partial charge in [-0.1, -0.05) is 338 Å². The van der Waals surface area contributed by atoms with Crippen molar-refractivity contribution in [3.05, 3.63) is 60.8 Å². The van der Waals surface area contributed by atoms with Crippen LogP contribution in [-0.4, -0.2) is 34.9 Å². The second kappa shape index (κ2) is 65.4. The number of unbranched alkanes of at least 4 members (excludes halogenated alkanes) is 47. The van der Waals surface area contributed by atoms with E-state index in [-0.39, 0.29) is 12.5 Å². The highest BCUT2D eigenvalue weighted by Gasteiger charge is 2.18. The van der Waals surface area contributed by atoms with Crippen molar-refractivity contribution in [2.75, 3.05) is 6.61 Å². The van der Waals surface area contributed by atoms with Crippen LogP contribution in [0.15, 0.2) is 60.8 Å². The van der Waals surface area contributed by atoms with Gasteiger partial charge in [-0.3, -0.25) is 4.79 Å². The lowest BCUT2D eigenvalue weighted by Crippen LogP contribution is -2.45. The fourth-order valence-corrected chi connectivity index (χ4v) is 10.4. The largest absolute Gasteiger partial charge is 0.394 e. The summed E-state index contributed by atoms with van der Waals surface area (Å²) in [6, 6.07) is -0.647. The Kier molecular flexibility index (Phi) is 63.7. The van der Waals surface area contributed by atoms with Gasteiger partial charge in [0.05, 0.1) is 18.8 Å². The molecule has 0 heterocycles. The Bertz CT molecular complexity index is 1220. The van der Waals surface area contributed by atoms with Gasteiger partial charge in [0.1, 0.15) is 0 Å². The first-order chi connectivity index (χ1) is 36.7. The third kappa shape index (κ3) is 60.9. The van der Waals surface area contributed by atoms with Gasteiger partial charge in [0.15, 0.2) is 0 Å². The van der Waals surface area contributed by atoms with E-state index in [4.69, 9.17) is 0 Å². The molecule has 434 valence electrons. The predicted molar refractivity (Wildman–Crippen MR) is 331 cm³/mol. The molecule has 0 saturated carbocycles. The van der Waals surface area contributed by atoms with E-state index in [9.17, 15) is 15.0 Å². The third-order valence-electron chi connectivity index (χ3n) is 15.5. The van der Waals surface area contributed by atoms with Crippen molar-refractivity contribution in [3.8, 4) is 0 Å². The molecule has 3 N–H and O–H groups in total. The number of aliphatic hydroxyl groups is 2. The van der Waals surface area contributed by atoms with Gasteiger partial charge >= 0.3 is 0 Å². The van der Waals surface area contributed by atoms with Gasteiger partial charge in [-0.15, -0.1) is 0 Å². The van der Waals surface area contributed by atoms with Gasteiger partial charge in [-0.25, -0.2) is 0 Å². The van der Waals surface area contributed by atoms with Crippen LogP contribution < -0.4 is 5.32 Å². The van der Waals surface area contributed by atoms with E-state index in [1.54, 1.807) is 6.08 Å². The fraction of sp³-hybridized carbons (Fsp3) is 0.843. The molecular weight excluding hydrogens is 903 g/mol. The molecule has 1 amide bonds. The van der Waals surface area contributed by atoms with Crippen LogP contribution in [0.5, 0.6) is 0 Å². The second-order valence-electron chi connectivity index (χ2n) is 22.9. The maximum absolute atomic E-state index is 12.5. The zero-order valence-electron chi connectivity index (χ0n) is 50.1. The van der Waals surface area contributed by atoms with Crippen molar-refractivity contribution in [2.24, 2.45) is 0 Å². The Morgan fingerprint density at radius 1 is 0.324 bits per heavy atom. The molecule has 0 bridgehead atoms. The van der Waals surface area contributed by atoms with Crippen molar-refractivity contribution >= 4 is 5.91 Å². The molecule has 2 atom stereocenters.